The van der Waals surface area contributed by atoms with Gasteiger partial charge in [-0.1, -0.05) is 32.3 Å². The number of hydrogen-bond acceptors (Lipinski definition) is 4. The summed E-state index contributed by atoms with van der Waals surface area (Å²) in [5.74, 6) is 0.506. The molecule has 5 nitrogen and oxygen atoms in total. The van der Waals surface area contributed by atoms with Gasteiger partial charge in [0.25, 0.3) is 5.91 Å². The van der Waals surface area contributed by atoms with Crippen LogP contribution < -0.4 is 10.6 Å². The Morgan fingerprint density at radius 3 is 2.95 bits per heavy atom. The molecule has 1 aromatic heterocycles. The SMILES string of the molecule is CCCNc1cccc(C(=O)NC2CCCCCC2O)n1. The zero-order valence-corrected chi connectivity index (χ0v) is 12.6. The standard InChI is InChI=1S/C16H25N3O2/c1-2-11-17-15-10-6-8-13(18-15)16(21)19-12-7-4-3-5-9-14(12)20/h6,8,10,12,14,20H,2-5,7,9,11H2,1H3,(H,17,18)(H,19,21). The van der Waals surface area contributed by atoms with E-state index in [1.54, 1.807) is 6.07 Å². The van der Waals surface area contributed by atoms with Crippen LogP contribution >= 0.6 is 0 Å². The van der Waals surface area contributed by atoms with Gasteiger partial charge < -0.3 is 15.7 Å². The van der Waals surface area contributed by atoms with Crippen molar-refractivity contribution in [1.82, 2.24) is 10.3 Å². The fraction of sp³-hybridized carbons (Fsp3) is 0.625. The molecule has 0 radical (unpaired) electrons. The number of nitrogens with one attached hydrogen (secondary N) is 2. The summed E-state index contributed by atoms with van der Waals surface area (Å²) in [5, 5.41) is 16.2. The third-order valence-electron chi connectivity index (χ3n) is 3.83. The average molecular weight is 291 g/mol. The Labute approximate surface area is 126 Å². The summed E-state index contributed by atoms with van der Waals surface area (Å²) in [4.78, 5) is 16.6. The number of carbonyl (C=O) groups excluding carboxylic acids is 1. The van der Waals surface area contributed by atoms with Crippen LogP contribution in [-0.2, 0) is 0 Å². The molecular weight excluding hydrogens is 266 g/mol. The van der Waals surface area contributed by atoms with Gasteiger partial charge in [-0.05, 0) is 31.4 Å². The van der Waals surface area contributed by atoms with Crippen LogP contribution in [-0.4, -0.2) is 34.7 Å². The maximum absolute atomic E-state index is 12.3. The Bertz CT molecular complexity index is 465. The zero-order valence-electron chi connectivity index (χ0n) is 12.6. The van der Waals surface area contributed by atoms with Crippen molar-refractivity contribution in [1.29, 1.82) is 0 Å². The summed E-state index contributed by atoms with van der Waals surface area (Å²) in [5.41, 5.74) is 0.396. The van der Waals surface area contributed by atoms with E-state index in [2.05, 4.69) is 22.5 Å². The maximum atomic E-state index is 12.3. The number of hydrogen-bond donors (Lipinski definition) is 3. The van der Waals surface area contributed by atoms with Crippen LogP contribution in [0.25, 0.3) is 0 Å². The summed E-state index contributed by atoms with van der Waals surface area (Å²) in [7, 11) is 0. The molecule has 21 heavy (non-hydrogen) atoms. The third kappa shape index (κ3) is 4.70. The van der Waals surface area contributed by atoms with Crippen molar-refractivity contribution < 1.29 is 9.90 Å². The second kappa shape index (κ2) is 7.98. The van der Waals surface area contributed by atoms with Crippen molar-refractivity contribution in [3.63, 3.8) is 0 Å². The summed E-state index contributed by atoms with van der Waals surface area (Å²) >= 11 is 0. The van der Waals surface area contributed by atoms with Crippen LogP contribution in [0.15, 0.2) is 18.2 Å². The summed E-state index contributed by atoms with van der Waals surface area (Å²) in [6.45, 7) is 2.91. The van der Waals surface area contributed by atoms with Gasteiger partial charge in [-0.15, -0.1) is 0 Å². The van der Waals surface area contributed by atoms with Gasteiger partial charge in [0.05, 0.1) is 12.1 Å². The first kappa shape index (κ1) is 15.8. The molecule has 5 heteroatoms. The number of amides is 1. The minimum absolute atomic E-state index is 0.158. The first-order chi connectivity index (χ1) is 10.2. The lowest BCUT2D eigenvalue weighted by Crippen LogP contribution is -2.42. The number of aliphatic hydroxyl groups excluding tert-OH is 1. The van der Waals surface area contributed by atoms with Gasteiger partial charge in [0, 0.05) is 6.54 Å². The Morgan fingerprint density at radius 1 is 1.33 bits per heavy atom. The molecule has 1 aliphatic rings. The Hall–Kier alpha value is -1.62. The maximum Gasteiger partial charge on any atom is 0.270 e. The highest BCUT2D eigenvalue weighted by Gasteiger charge is 2.24. The number of anilines is 1. The number of aliphatic hydroxyl groups is 1. The van der Waals surface area contributed by atoms with Crippen molar-refractivity contribution in [2.24, 2.45) is 0 Å². The highest BCUT2D eigenvalue weighted by atomic mass is 16.3. The van der Waals surface area contributed by atoms with E-state index in [0.717, 1.165) is 45.1 Å². The summed E-state index contributed by atoms with van der Waals surface area (Å²) < 4.78 is 0. The molecule has 0 spiro atoms. The molecular formula is C16H25N3O2. The van der Waals surface area contributed by atoms with Crippen LogP contribution in [0.2, 0.25) is 0 Å². The molecule has 3 N–H and O–H groups in total. The minimum atomic E-state index is -0.446. The third-order valence-corrected chi connectivity index (χ3v) is 3.83. The van der Waals surface area contributed by atoms with E-state index in [1.807, 2.05) is 12.1 Å². The zero-order chi connectivity index (χ0) is 15.1. The molecule has 0 aromatic carbocycles. The molecule has 1 heterocycles. The predicted molar refractivity (Wildman–Crippen MR) is 83.4 cm³/mol. The molecule has 2 unspecified atom stereocenters. The van der Waals surface area contributed by atoms with Crippen LogP contribution in [0.3, 0.4) is 0 Å². The highest BCUT2D eigenvalue weighted by molar-refractivity contribution is 5.92. The second-order valence-corrected chi connectivity index (χ2v) is 5.62. The van der Waals surface area contributed by atoms with Crippen LogP contribution in [0, 0.1) is 0 Å². The van der Waals surface area contributed by atoms with Gasteiger partial charge in [0.15, 0.2) is 0 Å². The Morgan fingerprint density at radius 2 is 2.14 bits per heavy atom. The Balaban J connectivity index is 1.98. The van der Waals surface area contributed by atoms with Crippen molar-refractivity contribution in [2.75, 3.05) is 11.9 Å². The molecule has 1 fully saturated rings. The Kier molecular flexibility index (Phi) is 5.99. The van der Waals surface area contributed by atoms with E-state index in [4.69, 9.17) is 0 Å². The lowest BCUT2D eigenvalue weighted by atomic mass is 10.1. The molecule has 1 saturated carbocycles. The average Bonchev–Trinajstić information content (AvgIpc) is 2.70. The second-order valence-electron chi connectivity index (χ2n) is 5.62. The van der Waals surface area contributed by atoms with E-state index >= 15 is 0 Å². The molecule has 0 aliphatic heterocycles. The molecule has 1 amide bonds. The first-order valence-corrected chi connectivity index (χ1v) is 7.90. The van der Waals surface area contributed by atoms with Crippen LogP contribution in [0.5, 0.6) is 0 Å². The number of aromatic nitrogens is 1. The lowest BCUT2D eigenvalue weighted by molar-refractivity contribution is 0.0814. The molecule has 1 aliphatic carbocycles. The molecule has 116 valence electrons. The molecule has 2 atom stereocenters. The summed E-state index contributed by atoms with van der Waals surface area (Å²) in [6, 6.07) is 5.22. The smallest absolute Gasteiger partial charge is 0.270 e. The lowest BCUT2D eigenvalue weighted by Gasteiger charge is -2.21. The van der Waals surface area contributed by atoms with Crippen molar-refractivity contribution >= 4 is 11.7 Å². The van der Waals surface area contributed by atoms with Gasteiger partial charge in [-0.2, -0.15) is 0 Å². The number of carbonyl (C=O) groups is 1. The molecule has 0 saturated heterocycles. The van der Waals surface area contributed by atoms with E-state index in [1.165, 1.54) is 0 Å². The van der Waals surface area contributed by atoms with Gasteiger partial charge >= 0.3 is 0 Å². The predicted octanol–water partition coefficient (Wildman–Crippen LogP) is 2.33. The fourth-order valence-electron chi connectivity index (χ4n) is 2.61. The quantitative estimate of drug-likeness (QED) is 0.728. The number of pyridine rings is 1. The normalized spacial score (nSPS) is 22.4. The van der Waals surface area contributed by atoms with Gasteiger partial charge in [-0.25, -0.2) is 4.98 Å². The van der Waals surface area contributed by atoms with Gasteiger partial charge in [0.2, 0.25) is 0 Å². The van der Waals surface area contributed by atoms with Gasteiger partial charge in [0.1, 0.15) is 11.5 Å². The molecule has 2 rings (SSSR count). The van der Waals surface area contributed by atoms with E-state index in [-0.39, 0.29) is 11.9 Å². The van der Waals surface area contributed by atoms with E-state index < -0.39 is 6.10 Å². The monoisotopic (exact) mass is 291 g/mol. The van der Waals surface area contributed by atoms with E-state index in [0.29, 0.717) is 11.5 Å². The molecule has 1 aromatic rings. The van der Waals surface area contributed by atoms with Gasteiger partial charge in [-0.3, -0.25) is 4.79 Å². The van der Waals surface area contributed by atoms with Crippen molar-refractivity contribution in [3.05, 3.63) is 23.9 Å². The van der Waals surface area contributed by atoms with E-state index in [9.17, 15) is 9.90 Å². The van der Waals surface area contributed by atoms with Crippen LogP contribution in [0.1, 0.15) is 55.9 Å². The van der Waals surface area contributed by atoms with Crippen molar-refractivity contribution in [2.45, 2.75) is 57.6 Å². The van der Waals surface area contributed by atoms with Crippen LogP contribution in [0.4, 0.5) is 5.82 Å². The molecule has 0 bridgehead atoms. The largest absolute Gasteiger partial charge is 0.391 e. The number of nitrogens with zero attached hydrogens (tertiary/aromatic N) is 1. The summed E-state index contributed by atoms with van der Waals surface area (Å²) in [6.07, 6.45) is 5.36. The minimum Gasteiger partial charge on any atom is -0.391 e. The van der Waals surface area contributed by atoms with Crippen molar-refractivity contribution in [3.8, 4) is 0 Å². The number of rotatable bonds is 5. The topological polar surface area (TPSA) is 74.2 Å². The highest BCUT2D eigenvalue weighted by Crippen LogP contribution is 2.18. The fourth-order valence-corrected chi connectivity index (χ4v) is 2.61. The first-order valence-electron chi connectivity index (χ1n) is 7.90.